The summed E-state index contributed by atoms with van der Waals surface area (Å²) in [5, 5.41) is 8.95. The molecule has 0 saturated heterocycles. The van der Waals surface area contributed by atoms with E-state index in [1.807, 2.05) is 6.07 Å². The van der Waals surface area contributed by atoms with Gasteiger partial charge in [0.15, 0.2) is 5.69 Å². The summed E-state index contributed by atoms with van der Waals surface area (Å²) in [5.41, 5.74) is 6.49. The Balaban J connectivity index is 2.66. The van der Waals surface area contributed by atoms with E-state index in [9.17, 15) is 9.18 Å². The van der Waals surface area contributed by atoms with Crippen LogP contribution in [0.25, 0.3) is 5.69 Å². The standard InChI is InChI=1S/C13H10FN3O2/c1-19-13(18)12-11(16)8(6-15)7-17(12)10-4-2-9(14)3-5-10/h2-5,7H,16H2,1H3. The predicted octanol–water partition coefficient (Wildman–Crippen LogP) is 1.86. The van der Waals surface area contributed by atoms with Crippen LogP contribution in [0, 0.1) is 17.1 Å². The average molecular weight is 259 g/mol. The lowest BCUT2D eigenvalue weighted by Gasteiger charge is -2.08. The van der Waals surface area contributed by atoms with Crippen molar-refractivity contribution >= 4 is 11.7 Å². The minimum absolute atomic E-state index is 0.0404. The third-order valence-electron chi connectivity index (χ3n) is 2.65. The molecule has 2 N–H and O–H groups in total. The Morgan fingerprint density at radius 1 is 1.42 bits per heavy atom. The summed E-state index contributed by atoms with van der Waals surface area (Å²) in [6.07, 6.45) is 1.41. The minimum atomic E-state index is -0.664. The number of aromatic nitrogens is 1. The highest BCUT2D eigenvalue weighted by Crippen LogP contribution is 2.24. The van der Waals surface area contributed by atoms with Crippen molar-refractivity contribution in [2.45, 2.75) is 0 Å². The second kappa shape index (κ2) is 4.82. The molecule has 1 aromatic heterocycles. The average Bonchev–Trinajstić information content (AvgIpc) is 2.75. The quantitative estimate of drug-likeness (QED) is 0.834. The van der Waals surface area contributed by atoms with E-state index >= 15 is 0 Å². The van der Waals surface area contributed by atoms with Crippen molar-refractivity contribution in [3.63, 3.8) is 0 Å². The number of anilines is 1. The fraction of sp³-hybridized carbons (Fsp3) is 0.0769. The van der Waals surface area contributed by atoms with Gasteiger partial charge in [-0.2, -0.15) is 5.26 Å². The topological polar surface area (TPSA) is 81.0 Å². The maximum atomic E-state index is 12.9. The molecule has 5 nitrogen and oxygen atoms in total. The van der Waals surface area contributed by atoms with E-state index in [1.54, 1.807) is 0 Å². The number of nitrogen functional groups attached to an aromatic ring is 1. The molecular weight excluding hydrogens is 249 g/mol. The highest BCUT2D eigenvalue weighted by Gasteiger charge is 2.21. The third kappa shape index (κ3) is 2.13. The number of hydrogen-bond donors (Lipinski definition) is 1. The number of nitrogens with zero attached hydrogens (tertiary/aromatic N) is 2. The Kier molecular flexibility index (Phi) is 3.21. The SMILES string of the molecule is COC(=O)c1c(N)c(C#N)cn1-c1ccc(F)cc1. The number of nitriles is 1. The lowest BCUT2D eigenvalue weighted by molar-refractivity contribution is 0.0593. The maximum absolute atomic E-state index is 12.9. The van der Waals surface area contributed by atoms with Gasteiger partial charge in [0.1, 0.15) is 11.9 Å². The summed E-state index contributed by atoms with van der Waals surface area (Å²) in [4.78, 5) is 11.7. The smallest absolute Gasteiger partial charge is 0.357 e. The number of benzene rings is 1. The van der Waals surface area contributed by atoms with Crippen LogP contribution in [0.5, 0.6) is 0 Å². The summed E-state index contributed by atoms with van der Waals surface area (Å²) < 4.78 is 18.9. The molecule has 2 rings (SSSR count). The summed E-state index contributed by atoms with van der Waals surface area (Å²) in [7, 11) is 1.22. The van der Waals surface area contributed by atoms with Crippen LogP contribution in [0.1, 0.15) is 16.1 Å². The van der Waals surface area contributed by atoms with Gasteiger partial charge in [0.05, 0.1) is 18.4 Å². The molecule has 2 aromatic rings. The number of carbonyl (C=O) groups is 1. The highest BCUT2D eigenvalue weighted by atomic mass is 19.1. The molecule has 0 aliphatic heterocycles. The number of esters is 1. The molecule has 6 heteroatoms. The van der Waals surface area contributed by atoms with Gasteiger partial charge >= 0.3 is 5.97 Å². The molecule has 0 atom stereocenters. The summed E-state index contributed by atoms with van der Waals surface area (Å²) in [6.45, 7) is 0. The fourth-order valence-electron chi connectivity index (χ4n) is 1.72. The molecular formula is C13H10FN3O2. The molecule has 0 bridgehead atoms. The highest BCUT2D eigenvalue weighted by molar-refractivity contribution is 5.95. The molecule has 1 heterocycles. The Labute approximate surface area is 108 Å². The maximum Gasteiger partial charge on any atom is 0.357 e. The lowest BCUT2D eigenvalue weighted by Crippen LogP contribution is -2.11. The van der Waals surface area contributed by atoms with Gasteiger partial charge in [0, 0.05) is 11.9 Å². The molecule has 0 fully saturated rings. The lowest BCUT2D eigenvalue weighted by atomic mass is 10.2. The van der Waals surface area contributed by atoms with Crippen molar-refractivity contribution < 1.29 is 13.9 Å². The third-order valence-corrected chi connectivity index (χ3v) is 2.65. The second-order valence-electron chi connectivity index (χ2n) is 3.75. The zero-order chi connectivity index (χ0) is 14.0. The van der Waals surface area contributed by atoms with E-state index in [0.717, 1.165) is 0 Å². The van der Waals surface area contributed by atoms with Crippen LogP contribution >= 0.6 is 0 Å². The number of hydrogen-bond acceptors (Lipinski definition) is 4. The Morgan fingerprint density at radius 3 is 2.58 bits per heavy atom. The van der Waals surface area contributed by atoms with Crippen molar-refractivity contribution in [2.24, 2.45) is 0 Å². The molecule has 0 radical (unpaired) electrons. The van der Waals surface area contributed by atoms with Gasteiger partial charge in [-0.25, -0.2) is 9.18 Å². The molecule has 19 heavy (non-hydrogen) atoms. The van der Waals surface area contributed by atoms with E-state index in [0.29, 0.717) is 5.69 Å². The first-order valence-corrected chi connectivity index (χ1v) is 5.33. The van der Waals surface area contributed by atoms with Crippen LogP contribution in [0.2, 0.25) is 0 Å². The zero-order valence-corrected chi connectivity index (χ0v) is 10.1. The molecule has 0 unspecified atom stereocenters. The van der Waals surface area contributed by atoms with Gasteiger partial charge in [-0.3, -0.25) is 0 Å². The largest absolute Gasteiger partial charge is 0.464 e. The van der Waals surface area contributed by atoms with E-state index in [4.69, 9.17) is 11.0 Å². The van der Waals surface area contributed by atoms with E-state index < -0.39 is 11.8 Å². The number of halogens is 1. The number of rotatable bonds is 2. The van der Waals surface area contributed by atoms with E-state index in [-0.39, 0.29) is 16.9 Å². The Morgan fingerprint density at radius 2 is 2.05 bits per heavy atom. The van der Waals surface area contributed by atoms with Gasteiger partial charge in [0.2, 0.25) is 0 Å². The predicted molar refractivity (Wildman–Crippen MR) is 66.2 cm³/mol. The van der Waals surface area contributed by atoms with Crippen LogP contribution in [0.15, 0.2) is 30.5 Å². The van der Waals surface area contributed by atoms with Gasteiger partial charge in [-0.15, -0.1) is 0 Å². The molecule has 96 valence electrons. The first-order valence-electron chi connectivity index (χ1n) is 5.33. The zero-order valence-electron chi connectivity index (χ0n) is 10.1. The number of nitrogens with two attached hydrogens (primary N) is 1. The molecule has 0 aliphatic rings. The van der Waals surface area contributed by atoms with Crippen molar-refractivity contribution in [1.82, 2.24) is 4.57 Å². The van der Waals surface area contributed by atoms with Crippen LogP contribution in [-0.2, 0) is 4.74 Å². The van der Waals surface area contributed by atoms with E-state index in [1.165, 1.54) is 42.1 Å². The van der Waals surface area contributed by atoms with Crippen molar-refractivity contribution in [2.75, 3.05) is 12.8 Å². The molecule has 0 saturated carbocycles. The van der Waals surface area contributed by atoms with Gasteiger partial charge in [-0.05, 0) is 24.3 Å². The van der Waals surface area contributed by atoms with Crippen molar-refractivity contribution in [3.05, 3.63) is 47.5 Å². The van der Waals surface area contributed by atoms with Gasteiger partial charge < -0.3 is 15.0 Å². The Hall–Kier alpha value is -2.81. The summed E-state index contributed by atoms with van der Waals surface area (Å²) >= 11 is 0. The fourth-order valence-corrected chi connectivity index (χ4v) is 1.72. The molecule has 1 aromatic carbocycles. The molecule has 0 aliphatic carbocycles. The van der Waals surface area contributed by atoms with Crippen LogP contribution < -0.4 is 5.73 Å². The summed E-state index contributed by atoms with van der Waals surface area (Å²) in [5.74, 6) is -1.06. The molecule has 0 amide bonds. The second-order valence-corrected chi connectivity index (χ2v) is 3.75. The normalized spacial score (nSPS) is 9.95. The summed E-state index contributed by atoms with van der Waals surface area (Å²) in [6, 6.07) is 7.33. The first-order chi connectivity index (χ1) is 9.08. The first kappa shape index (κ1) is 12.6. The van der Waals surface area contributed by atoms with Crippen LogP contribution in [-0.4, -0.2) is 17.6 Å². The van der Waals surface area contributed by atoms with Crippen molar-refractivity contribution in [3.8, 4) is 11.8 Å². The van der Waals surface area contributed by atoms with Gasteiger partial charge in [0.25, 0.3) is 0 Å². The van der Waals surface area contributed by atoms with Gasteiger partial charge in [-0.1, -0.05) is 0 Å². The van der Waals surface area contributed by atoms with Crippen LogP contribution in [0.4, 0.5) is 10.1 Å². The van der Waals surface area contributed by atoms with Crippen molar-refractivity contribution in [1.29, 1.82) is 5.26 Å². The monoisotopic (exact) mass is 259 g/mol. The minimum Gasteiger partial charge on any atom is -0.464 e. The number of ether oxygens (including phenoxy) is 1. The Bertz CT molecular complexity index is 668. The molecule has 0 spiro atoms. The number of methoxy groups -OCH3 is 1. The van der Waals surface area contributed by atoms with E-state index in [2.05, 4.69) is 4.74 Å². The number of carbonyl (C=O) groups excluding carboxylic acids is 1. The van der Waals surface area contributed by atoms with Crippen LogP contribution in [0.3, 0.4) is 0 Å².